The molecule has 4 N–H and O–H groups in total. The molecule has 0 saturated carbocycles. The van der Waals surface area contributed by atoms with Gasteiger partial charge in [0.2, 0.25) is 5.88 Å². The first kappa shape index (κ1) is 14.4. The highest BCUT2D eigenvalue weighted by atomic mass is 19.1. The Morgan fingerprint density at radius 3 is 2.64 bits per heavy atom. The second-order valence-electron chi connectivity index (χ2n) is 5.15. The van der Waals surface area contributed by atoms with E-state index in [0.29, 0.717) is 5.69 Å². The number of halogens is 1. The Hall–Kier alpha value is -2.57. The maximum atomic E-state index is 13.4. The van der Waals surface area contributed by atoms with Crippen molar-refractivity contribution in [1.82, 2.24) is 5.53 Å². The van der Waals surface area contributed by atoms with Crippen molar-refractivity contribution >= 4 is 11.4 Å². The van der Waals surface area contributed by atoms with Gasteiger partial charge in [0, 0.05) is 0 Å². The lowest BCUT2D eigenvalue weighted by Gasteiger charge is -2.29. The zero-order valence-corrected chi connectivity index (χ0v) is 11.8. The van der Waals surface area contributed by atoms with Crippen molar-refractivity contribution in [2.24, 2.45) is 0 Å². The number of aliphatic hydroxyl groups is 1. The standard InChI is InChI=1S/C16H14FN3O.H2O/c17-12-5-3-6-13(10-12)19-16(21)15-9-8-11-4-1-2-7-14(11)20(15)18-19;/h1-7,10,18,21H,8-9H2;1H2. The molecule has 114 valence electrons. The number of benzene rings is 2. The predicted molar refractivity (Wildman–Crippen MR) is 82.5 cm³/mol. The number of fused-ring (bicyclic) bond motifs is 3. The van der Waals surface area contributed by atoms with Gasteiger partial charge in [-0.1, -0.05) is 24.3 Å². The molecule has 2 heterocycles. The number of hydrazine groups is 2. The van der Waals surface area contributed by atoms with E-state index in [1.807, 2.05) is 23.2 Å². The minimum atomic E-state index is -0.336. The fraction of sp³-hybridized carbons (Fsp3) is 0.125. The summed E-state index contributed by atoms with van der Waals surface area (Å²) in [5, 5.41) is 13.8. The molecule has 0 aromatic heterocycles. The van der Waals surface area contributed by atoms with E-state index >= 15 is 0 Å². The Morgan fingerprint density at radius 2 is 1.82 bits per heavy atom. The number of para-hydroxylation sites is 1. The van der Waals surface area contributed by atoms with Crippen LogP contribution < -0.4 is 15.6 Å². The van der Waals surface area contributed by atoms with Gasteiger partial charge >= 0.3 is 0 Å². The number of anilines is 2. The summed E-state index contributed by atoms with van der Waals surface area (Å²) in [5.74, 6) is -0.215. The maximum Gasteiger partial charge on any atom is 0.229 e. The van der Waals surface area contributed by atoms with Crippen LogP contribution in [0.4, 0.5) is 15.8 Å². The highest BCUT2D eigenvalue weighted by Gasteiger charge is 2.34. The average molecular weight is 301 g/mol. The zero-order chi connectivity index (χ0) is 14.4. The zero-order valence-electron chi connectivity index (χ0n) is 11.8. The molecule has 0 spiro atoms. The number of aryl methyl sites for hydroxylation is 1. The summed E-state index contributed by atoms with van der Waals surface area (Å²) >= 11 is 0. The summed E-state index contributed by atoms with van der Waals surface area (Å²) in [6.45, 7) is 0. The smallest absolute Gasteiger partial charge is 0.229 e. The summed E-state index contributed by atoms with van der Waals surface area (Å²) in [5.41, 5.74) is 6.73. The number of aliphatic hydroxyl groups excluding tert-OH is 1. The fourth-order valence-corrected chi connectivity index (χ4v) is 2.85. The first-order valence-electron chi connectivity index (χ1n) is 6.86. The van der Waals surface area contributed by atoms with E-state index in [1.54, 1.807) is 12.1 Å². The van der Waals surface area contributed by atoms with Crippen molar-refractivity contribution < 1.29 is 15.0 Å². The van der Waals surface area contributed by atoms with Crippen LogP contribution in [0.1, 0.15) is 12.0 Å². The summed E-state index contributed by atoms with van der Waals surface area (Å²) in [4.78, 5) is 0. The van der Waals surface area contributed by atoms with Gasteiger partial charge in [0.1, 0.15) is 5.82 Å². The first-order chi connectivity index (χ1) is 10.2. The molecule has 2 aliphatic heterocycles. The Bertz CT molecular complexity index is 748. The third-order valence-electron chi connectivity index (χ3n) is 3.87. The molecule has 0 amide bonds. The largest absolute Gasteiger partial charge is 0.492 e. The van der Waals surface area contributed by atoms with Crippen molar-refractivity contribution in [2.75, 3.05) is 10.0 Å². The molecule has 0 bridgehead atoms. The van der Waals surface area contributed by atoms with E-state index < -0.39 is 0 Å². The molecule has 2 aromatic carbocycles. The monoisotopic (exact) mass is 301 g/mol. The second-order valence-corrected chi connectivity index (χ2v) is 5.15. The van der Waals surface area contributed by atoms with Crippen LogP contribution in [-0.2, 0) is 6.42 Å². The van der Waals surface area contributed by atoms with E-state index in [1.165, 1.54) is 22.7 Å². The lowest BCUT2D eigenvalue weighted by Crippen LogP contribution is -2.43. The Kier molecular flexibility index (Phi) is 3.48. The molecule has 2 aromatic rings. The number of nitrogens with one attached hydrogen (secondary N) is 1. The number of allylic oxidation sites excluding steroid dienone is 1. The quantitative estimate of drug-likeness (QED) is 0.848. The minimum absolute atomic E-state index is 0. The van der Waals surface area contributed by atoms with Gasteiger partial charge in [0.15, 0.2) is 0 Å². The van der Waals surface area contributed by atoms with Crippen LogP contribution in [0.3, 0.4) is 0 Å². The van der Waals surface area contributed by atoms with Gasteiger partial charge in [0.05, 0.1) is 17.1 Å². The topological polar surface area (TPSA) is 70.2 Å². The normalized spacial score (nSPS) is 16.2. The third-order valence-corrected chi connectivity index (χ3v) is 3.87. The van der Waals surface area contributed by atoms with Gasteiger partial charge < -0.3 is 10.6 Å². The van der Waals surface area contributed by atoms with Gasteiger partial charge in [-0.05, 0) is 42.7 Å². The number of hydrogen-bond donors (Lipinski definition) is 2. The summed E-state index contributed by atoms with van der Waals surface area (Å²) in [7, 11) is 0. The van der Waals surface area contributed by atoms with Crippen molar-refractivity contribution in [3.63, 3.8) is 0 Å². The molecule has 0 aliphatic carbocycles. The Labute approximate surface area is 127 Å². The van der Waals surface area contributed by atoms with Crippen molar-refractivity contribution in [3.05, 3.63) is 71.5 Å². The lowest BCUT2D eigenvalue weighted by atomic mass is 10.0. The molecule has 22 heavy (non-hydrogen) atoms. The summed E-state index contributed by atoms with van der Waals surface area (Å²) < 4.78 is 13.4. The molecule has 0 atom stereocenters. The van der Waals surface area contributed by atoms with E-state index in [9.17, 15) is 9.50 Å². The van der Waals surface area contributed by atoms with Crippen LogP contribution in [0.2, 0.25) is 0 Å². The summed E-state index contributed by atoms with van der Waals surface area (Å²) in [6.07, 6.45) is 1.62. The number of nitrogens with zero attached hydrogens (tertiary/aromatic N) is 2. The second kappa shape index (κ2) is 5.32. The highest BCUT2D eigenvalue weighted by molar-refractivity contribution is 5.65. The summed E-state index contributed by atoms with van der Waals surface area (Å²) in [6, 6.07) is 14.2. The Morgan fingerprint density at radius 1 is 1.00 bits per heavy atom. The van der Waals surface area contributed by atoms with E-state index in [4.69, 9.17) is 0 Å². The first-order valence-corrected chi connectivity index (χ1v) is 6.86. The third kappa shape index (κ3) is 2.09. The van der Waals surface area contributed by atoms with Crippen LogP contribution in [-0.4, -0.2) is 10.6 Å². The molecule has 0 saturated heterocycles. The fourth-order valence-electron chi connectivity index (χ4n) is 2.85. The molecule has 2 aliphatic rings. The molecular formula is C16H16FN3O2. The molecule has 0 radical (unpaired) electrons. The SMILES string of the molecule is O.OC1=C2CCc3ccccc3N2NN1c1cccc(F)c1. The van der Waals surface area contributed by atoms with Gasteiger partial charge in [-0.25, -0.2) is 9.40 Å². The van der Waals surface area contributed by atoms with Gasteiger partial charge in [-0.2, -0.15) is 0 Å². The molecule has 4 rings (SSSR count). The Balaban J connectivity index is 0.00000144. The van der Waals surface area contributed by atoms with Crippen LogP contribution in [0.15, 0.2) is 60.1 Å². The van der Waals surface area contributed by atoms with Gasteiger partial charge in [0.25, 0.3) is 0 Å². The van der Waals surface area contributed by atoms with Crippen LogP contribution in [0.25, 0.3) is 0 Å². The molecular weight excluding hydrogens is 285 g/mol. The maximum absolute atomic E-state index is 13.4. The molecule has 0 fully saturated rings. The molecule has 5 nitrogen and oxygen atoms in total. The van der Waals surface area contributed by atoms with Crippen LogP contribution in [0, 0.1) is 5.82 Å². The van der Waals surface area contributed by atoms with Crippen LogP contribution >= 0.6 is 0 Å². The lowest BCUT2D eigenvalue weighted by molar-refractivity contribution is 0.386. The van der Waals surface area contributed by atoms with Crippen molar-refractivity contribution in [1.29, 1.82) is 0 Å². The molecule has 6 heteroatoms. The number of rotatable bonds is 1. The van der Waals surface area contributed by atoms with E-state index in [2.05, 4.69) is 11.6 Å². The molecule has 0 unspecified atom stereocenters. The van der Waals surface area contributed by atoms with Crippen LogP contribution in [0.5, 0.6) is 0 Å². The highest BCUT2D eigenvalue weighted by Crippen LogP contribution is 2.37. The van der Waals surface area contributed by atoms with E-state index in [0.717, 1.165) is 24.2 Å². The predicted octanol–water partition coefficient (Wildman–Crippen LogP) is 2.42. The van der Waals surface area contributed by atoms with Gasteiger partial charge in [-0.3, -0.25) is 5.01 Å². The van der Waals surface area contributed by atoms with Crippen molar-refractivity contribution in [2.45, 2.75) is 12.8 Å². The van der Waals surface area contributed by atoms with Gasteiger partial charge in [-0.15, -0.1) is 5.53 Å². The average Bonchev–Trinajstić information content (AvgIpc) is 2.85. The van der Waals surface area contributed by atoms with E-state index in [-0.39, 0.29) is 17.2 Å². The van der Waals surface area contributed by atoms with Crippen molar-refractivity contribution in [3.8, 4) is 0 Å². The number of hydrogen-bond acceptors (Lipinski definition) is 4. The minimum Gasteiger partial charge on any atom is -0.492 e.